The number of nitrogens with one attached hydrogen (secondary N) is 2. The molecule has 3 aromatic heterocycles. The van der Waals surface area contributed by atoms with Crippen LogP contribution in [0, 0.1) is 0 Å². The fourth-order valence-electron chi connectivity index (χ4n) is 1.34. The predicted octanol–water partition coefficient (Wildman–Crippen LogP) is 1.35. The van der Waals surface area contributed by atoms with Crippen LogP contribution in [0.2, 0.25) is 0 Å². The largest absolute Gasteiger partial charge is 0.334 e. The fourth-order valence-corrected chi connectivity index (χ4v) is 1.71. The first-order valence-electron chi connectivity index (χ1n) is 4.44. The number of aromatic amines is 1. The maximum Gasteiger partial charge on any atom is 0.198 e. The average molecular weight is 280 g/mol. The minimum atomic E-state index is 0.619. The number of halogens is 1. The molecule has 0 saturated heterocycles. The van der Waals surface area contributed by atoms with Gasteiger partial charge < -0.3 is 5.32 Å². The zero-order valence-electron chi connectivity index (χ0n) is 7.92. The summed E-state index contributed by atoms with van der Waals surface area (Å²) in [5.74, 6) is 0.619. The zero-order chi connectivity index (χ0) is 11.0. The quantitative estimate of drug-likeness (QED) is 0.740. The summed E-state index contributed by atoms with van der Waals surface area (Å²) in [5.41, 5.74) is 1.47. The second-order valence-electron chi connectivity index (χ2n) is 3.05. The van der Waals surface area contributed by atoms with Gasteiger partial charge in [-0.3, -0.25) is 5.10 Å². The van der Waals surface area contributed by atoms with Crippen LogP contribution in [0.5, 0.6) is 0 Å². The molecule has 2 N–H and O–H groups in total. The number of hydrogen-bond donors (Lipinski definition) is 2. The Labute approximate surface area is 98.0 Å². The molecule has 0 spiro atoms. The Kier molecular flexibility index (Phi) is 2.07. The fraction of sp³-hybridized carbons (Fsp3) is 0. The molecule has 3 aromatic rings. The first kappa shape index (κ1) is 9.28. The van der Waals surface area contributed by atoms with E-state index in [1.54, 1.807) is 23.1 Å². The highest BCUT2D eigenvalue weighted by Crippen LogP contribution is 2.19. The lowest BCUT2D eigenvalue weighted by atomic mass is 10.5. The maximum absolute atomic E-state index is 4.29. The van der Waals surface area contributed by atoms with Crippen LogP contribution >= 0.6 is 15.9 Å². The molecule has 0 aromatic carbocycles. The monoisotopic (exact) mass is 279 g/mol. The molecule has 16 heavy (non-hydrogen) atoms. The van der Waals surface area contributed by atoms with Gasteiger partial charge in [0.1, 0.15) is 10.9 Å². The van der Waals surface area contributed by atoms with Gasteiger partial charge in [0.15, 0.2) is 11.5 Å². The molecule has 0 aliphatic rings. The van der Waals surface area contributed by atoms with Gasteiger partial charge in [-0.15, -0.1) is 0 Å². The van der Waals surface area contributed by atoms with E-state index in [0.717, 1.165) is 5.69 Å². The summed E-state index contributed by atoms with van der Waals surface area (Å²) in [7, 11) is 0. The van der Waals surface area contributed by atoms with Crippen LogP contribution in [0.1, 0.15) is 0 Å². The molecule has 0 aliphatic heterocycles. The van der Waals surface area contributed by atoms with Gasteiger partial charge in [0.05, 0.1) is 18.1 Å². The SMILES string of the molecule is Brc1cn2ncnc2c(Nc2cn[nH]c2)n1. The van der Waals surface area contributed by atoms with Crippen molar-refractivity contribution in [3.63, 3.8) is 0 Å². The second kappa shape index (κ2) is 3.56. The Hall–Kier alpha value is -1.96. The van der Waals surface area contributed by atoms with Gasteiger partial charge in [-0.2, -0.15) is 10.2 Å². The molecule has 0 amide bonds. The molecule has 0 fully saturated rings. The third kappa shape index (κ3) is 1.52. The Morgan fingerprint density at radius 1 is 1.44 bits per heavy atom. The summed E-state index contributed by atoms with van der Waals surface area (Å²) in [6.07, 6.45) is 6.61. The summed E-state index contributed by atoms with van der Waals surface area (Å²) in [6.45, 7) is 0. The Morgan fingerprint density at radius 3 is 3.19 bits per heavy atom. The number of anilines is 2. The van der Waals surface area contributed by atoms with Crippen LogP contribution in [0.3, 0.4) is 0 Å². The van der Waals surface area contributed by atoms with E-state index in [0.29, 0.717) is 16.1 Å². The molecular weight excluding hydrogens is 274 g/mol. The van der Waals surface area contributed by atoms with Crippen LogP contribution < -0.4 is 5.32 Å². The number of aromatic nitrogens is 6. The van der Waals surface area contributed by atoms with Crippen LogP contribution in [0.15, 0.2) is 29.5 Å². The molecule has 0 radical (unpaired) electrons. The Bertz CT molecular complexity index is 614. The van der Waals surface area contributed by atoms with Gasteiger partial charge in [-0.1, -0.05) is 0 Å². The molecule has 0 atom stereocenters. The number of hydrogen-bond acceptors (Lipinski definition) is 5. The van der Waals surface area contributed by atoms with Crippen molar-refractivity contribution >= 4 is 33.1 Å². The van der Waals surface area contributed by atoms with E-state index in [9.17, 15) is 0 Å². The molecule has 3 heterocycles. The first-order chi connectivity index (χ1) is 7.83. The zero-order valence-corrected chi connectivity index (χ0v) is 9.51. The smallest absolute Gasteiger partial charge is 0.198 e. The van der Waals surface area contributed by atoms with Gasteiger partial charge in [-0.05, 0) is 15.9 Å². The lowest BCUT2D eigenvalue weighted by Crippen LogP contribution is -1.98. The highest BCUT2D eigenvalue weighted by molar-refractivity contribution is 9.10. The van der Waals surface area contributed by atoms with Crippen molar-refractivity contribution in [2.45, 2.75) is 0 Å². The lowest BCUT2D eigenvalue weighted by molar-refractivity contribution is 0.939. The van der Waals surface area contributed by atoms with Crippen molar-refractivity contribution in [3.8, 4) is 0 Å². The molecular formula is C8H6BrN7. The van der Waals surface area contributed by atoms with Gasteiger partial charge in [0.25, 0.3) is 0 Å². The molecule has 0 aliphatic carbocycles. The minimum Gasteiger partial charge on any atom is -0.334 e. The number of fused-ring (bicyclic) bond motifs is 1. The summed E-state index contributed by atoms with van der Waals surface area (Å²) < 4.78 is 2.32. The standard InChI is InChI=1S/C8H6BrN7/c9-6-3-16-8(10-4-13-16)7(15-6)14-5-1-11-12-2-5/h1-4H,(H,11,12)(H,14,15). The first-order valence-corrected chi connectivity index (χ1v) is 5.24. The van der Waals surface area contributed by atoms with E-state index in [4.69, 9.17) is 0 Å². The minimum absolute atomic E-state index is 0.619. The number of nitrogens with zero attached hydrogens (tertiary/aromatic N) is 5. The highest BCUT2D eigenvalue weighted by Gasteiger charge is 2.07. The topological polar surface area (TPSA) is 83.8 Å². The molecule has 3 rings (SSSR count). The third-order valence-corrected chi connectivity index (χ3v) is 2.38. The summed E-state index contributed by atoms with van der Waals surface area (Å²) in [4.78, 5) is 8.40. The molecule has 7 nitrogen and oxygen atoms in total. The average Bonchev–Trinajstić information content (AvgIpc) is 2.87. The summed E-state index contributed by atoms with van der Waals surface area (Å²) in [6, 6.07) is 0. The summed E-state index contributed by atoms with van der Waals surface area (Å²) in [5, 5.41) is 13.7. The van der Waals surface area contributed by atoms with E-state index in [1.165, 1.54) is 6.33 Å². The van der Waals surface area contributed by atoms with Crippen LogP contribution in [0.25, 0.3) is 5.65 Å². The normalized spacial score (nSPS) is 10.8. The van der Waals surface area contributed by atoms with Crippen molar-refractivity contribution in [1.29, 1.82) is 0 Å². The summed E-state index contributed by atoms with van der Waals surface area (Å²) >= 11 is 3.31. The molecule has 0 bridgehead atoms. The predicted molar refractivity (Wildman–Crippen MR) is 60.4 cm³/mol. The Morgan fingerprint density at radius 2 is 2.38 bits per heavy atom. The van der Waals surface area contributed by atoms with Crippen LogP contribution in [-0.4, -0.2) is 29.8 Å². The van der Waals surface area contributed by atoms with Gasteiger partial charge in [0.2, 0.25) is 0 Å². The van der Waals surface area contributed by atoms with Crippen molar-refractivity contribution in [2.24, 2.45) is 0 Å². The Balaban J connectivity index is 2.11. The molecule has 80 valence electrons. The van der Waals surface area contributed by atoms with E-state index in [1.807, 2.05) is 0 Å². The van der Waals surface area contributed by atoms with Crippen molar-refractivity contribution in [2.75, 3.05) is 5.32 Å². The van der Waals surface area contributed by atoms with E-state index in [-0.39, 0.29) is 0 Å². The molecule has 0 saturated carbocycles. The van der Waals surface area contributed by atoms with Gasteiger partial charge >= 0.3 is 0 Å². The van der Waals surface area contributed by atoms with Gasteiger partial charge in [0, 0.05) is 6.20 Å². The lowest BCUT2D eigenvalue weighted by Gasteiger charge is -2.03. The van der Waals surface area contributed by atoms with E-state index >= 15 is 0 Å². The molecule has 0 unspecified atom stereocenters. The van der Waals surface area contributed by atoms with Crippen molar-refractivity contribution in [3.05, 3.63) is 29.5 Å². The van der Waals surface area contributed by atoms with Crippen LogP contribution in [0.4, 0.5) is 11.5 Å². The van der Waals surface area contributed by atoms with Crippen LogP contribution in [-0.2, 0) is 0 Å². The van der Waals surface area contributed by atoms with Crippen molar-refractivity contribution < 1.29 is 0 Å². The third-order valence-electron chi connectivity index (χ3n) is 1.99. The number of H-pyrrole nitrogens is 1. The van der Waals surface area contributed by atoms with E-state index in [2.05, 4.69) is 46.5 Å². The van der Waals surface area contributed by atoms with Crippen molar-refractivity contribution in [1.82, 2.24) is 29.8 Å². The highest BCUT2D eigenvalue weighted by atomic mass is 79.9. The molecule has 8 heteroatoms. The van der Waals surface area contributed by atoms with Gasteiger partial charge in [-0.25, -0.2) is 14.5 Å². The second-order valence-corrected chi connectivity index (χ2v) is 3.86. The maximum atomic E-state index is 4.29. The van der Waals surface area contributed by atoms with E-state index < -0.39 is 0 Å². The number of rotatable bonds is 2.